The summed E-state index contributed by atoms with van der Waals surface area (Å²) >= 11 is 0. The van der Waals surface area contributed by atoms with Crippen LogP contribution in [0, 0.1) is 17.8 Å². The zero-order valence-electron chi connectivity index (χ0n) is 9.95. The van der Waals surface area contributed by atoms with E-state index in [1.807, 2.05) is 0 Å². The van der Waals surface area contributed by atoms with Gasteiger partial charge in [0.05, 0.1) is 6.10 Å². The number of hydrogen-bond acceptors (Lipinski definition) is 2. The molecule has 0 spiro atoms. The monoisotopic (exact) mass is 200 g/mol. The molecule has 0 aliphatic heterocycles. The molecule has 0 aromatic heterocycles. The van der Waals surface area contributed by atoms with E-state index >= 15 is 0 Å². The standard InChI is InChI=1S/C12H24O2/c1-9(2)11-6-5-10(3)7-12(11)14-8-13-4/h9-12H,5-8H2,1-4H3/t10-,11+,12-/m0/s1. The molecule has 0 radical (unpaired) electrons. The maximum absolute atomic E-state index is 5.75. The molecule has 2 nitrogen and oxygen atoms in total. The molecule has 14 heavy (non-hydrogen) atoms. The third kappa shape index (κ3) is 3.25. The van der Waals surface area contributed by atoms with Gasteiger partial charge in [0, 0.05) is 7.11 Å². The van der Waals surface area contributed by atoms with Crippen molar-refractivity contribution in [3.8, 4) is 0 Å². The summed E-state index contributed by atoms with van der Waals surface area (Å²) in [6.07, 6.45) is 4.29. The van der Waals surface area contributed by atoms with Gasteiger partial charge in [-0.2, -0.15) is 0 Å². The minimum atomic E-state index is 0.415. The van der Waals surface area contributed by atoms with Crippen LogP contribution in [0.2, 0.25) is 0 Å². The van der Waals surface area contributed by atoms with Crippen LogP contribution in [0.25, 0.3) is 0 Å². The van der Waals surface area contributed by atoms with Crippen LogP contribution in [-0.4, -0.2) is 20.0 Å². The Morgan fingerprint density at radius 2 is 2.00 bits per heavy atom. The lowest BCUT2D eigenvalue weighted by molar-refractivity contribution is -0.115. The molecular formula is C12H24O2. The van der Waals surface area contributed by atoms with Crippen molar-refractivity contribution in [3.63, 3.8) is 0 Å². The van der Waals surface area contributed by atoms with Crippen molar-refractivity contribution >= 4 is 0 Å². The van der Waals surface area contributed by atoms with Gasteiger partial charge in [0.25, 0.3) is 0 Å². The average Bonchev–Trinajstić information content (AvgIpc) is 2.14. The Labute approximate surface area is 88.0 Å². The molecule has 84 valence electrons. The summed E-state index contributed by atoms with van der Waals surface area (Å²) < 4.78 is 10.7. The van der Waals surface area contributed by atoms with E-state index in [9.17, 15) is 0 Å². The predicted molar refractivity (Wildman–Crippen MR) is 58.1 cm³/mol. The first-order valence-corrected chi connectivity index (χ1v) is 5.75. The number of rotatable bonds is 4. The summed E-state index contributed by atoms with van der Waals surface area (Å²) in [4.78, 5) is 0. The van der Waals surface area contributed by atoms with E-state index in [-0.39, 0.29) is 0 Å². The highest BCUT2D eigenvalue weighted by Gasteiger charge is 2.31. The second-order valence-electron chi connectivity index (χ2n) is 4.94. The molecule has 0 bridgehead atoms. The Bertz CT molecular complexity index is 156. The van der Waals surface area contributed by atoms with Crippen LogP contribution < -0.4 is 0 Å². The van der Waals surface area contributed by atoms with Gasteiger partial charge in [-0.05, 0) is 30.6 Å². The van der Waals surface area contributed by atoms with Crippen LogP contribution in [0.5, 0.6) is 0 Å². The van der Waals surface area contributed by atoms with E-state index in [1.165, 1.54) is 19.3 Å². The highest BCUT2D eigenvalue weighted by Crippen LogP contribution is 2.35. The van der Waals surface area contributed by atoms with Crippen LogP contribution in [0.3, 0.4) is 0 Å². The SMILES string of the molecule is COCO[C@H]1C[C@@H](C)CC[C@@H]1C(C)C. The number of ether oxygens (including phenoxy) is 2. The van der Waals surface area contributed by atoms with Gasteiger partial charge in [-0.15, -0.1) is 0 Å². The van der Waals surface area contributed by atoms with Crippen molar-refractivity contribution in [1.82, 2.24) is 0 Å². The van der Waals surface area contributed by atoms with Gasteiger partial charge < -0.3 is 9.47 Å². The zero-order chi connectivity index (χ0) is 10.6. The Morgan fingerprint density at radius 3 is 2.57 bits per heavy atom. The second-order valence-corrected chi connectivity index (χ2v) is 4.94. The number of methoxy groups -OCH3 is 1. The number of hydrogen-bond donors (Lipinski definition) is 0. The summed E-state index contributed by atoms with van der Waals surface area (Å²) in [5.41, 5.74) is 0. The summed E-state index contributed by atoms with van der Waals surface area (Å²) in [7, 11) is 1.69. The predicted octanol–water partition coefficient (Wildman–Crippen LogP) is 3.07. The van der Waals surface area contributed by atoms with Crippen molar-refractivity contribution in [2.24, 2.45) is 17.8 Å². The van der Waals surface area contributed by atoms with Crippen LogP contribution in [0.1, 0.15) is 40.0 Å². The van der Waals surface area contributed by atoms with Gasteiger partial charge in [0.1, 0.15) is 6.79 Å². The molecule has 0 amide bonds. The Morgan fingerprint density at radius 1 is 1.29 bits per heavy atom. The molecule has 1 fully saturated rings. The van der Waals surface area contributed by atoms with Crippen molar-refractivity contribution in [1.29, 1.82) is 0 Å². The van der Waals surface area contributed by atoms with Gasteiger partial charge in [-0.1, -0.05) is 27.2 Å². The maximum atomic E-state index is 5.75. The fraction of sp³-hybridized carbons (Fsp3) is 1.00. The molecular weight excluding hydrogens is 176 g/mol. The van der Waals surface area contributed by atoms with Crippen molar-refractivity contribution in [2.45, 2.75) is 46.1 Å². The summed E-state index contributed by atoms with van der Waals surface area (Å²) in [5.74, 6) is 2.26. The Balaban J connectivity index is 2.45. The zero-order valence-corrected chi connectivity index (χ0v) is 9.95. The summed E-state index contributed by atoms with van der Waals surface area (Å²) in [6.45, 7) is 7.36. The third-order valence-corrected chi connectivity index (χ3v) is 3.36. The minimum absolute atomic E-state index is 0.415. The Kier molecular flexibility index (Phi) is 4.90. The lowest BCUT2D eigenvalue weighted by atomic mass is 9.75. The van der Waals surface area contributed by atoms with Crippen LogP contribution in [0.4, 0.5) is 0 Å². The van der Waals surface area contributed by atoms with Gasteiger partial charge in [-0.25, -0.2) is 0 Å². The fourth-order valence-electron chi connectivity index (χ4n) is 2.46. The third-order valence-electron chi connectivity index (χ3n) is 3.36. The van der Waals surface area contributed by atoms with Gasteiger partial charge in [-0.3, -0.25) is 0 Å². The van der Waals surface area contributed by atoms with Crippen LogP contribution >= 0.6 is 0 Å². The minimum Gasteiger partial charge on any atom is -0.359 e. The van der Waals surface area contributed by atoms with Crippen molar-refractivity contribution in [2.75, 3.05) is 13.9 Å². The first-order chi connectivity index (χ1) is 6.65. The topological polar surface area (TPSA) is 18.5 Å². The van der Waals surface area contributed by atoms with E-state index in [1.54, 1.807) is 7.11 Å². The molecule has 0 unspecified atom stereocenters. The van der Waals surface area contributed by atoms with Gasteiger partial charge in [0.2, 0.25) is 0 Å². The van der Waals surface area contributed by atoms with E-state index in [0.29, 0.717) is 12.9 Å². The lowest BCUT2D eigenvalue weighted by Gasteiger charge is -2.36. The molecule has 0 aromatic carbocycles. The Hall–Kier alpha value is -0.0800. The molecule has 3 atom stereocenters. The molecule has 2 heteroatoms. The van der Waals surface area contributed by atoms with Crippen molar-refractivity contribution in [3.05, 3.63) is 0 Å². The summed E-state index contributed by atoms with van der Waals surface area (Å²) in [6, 6.07) is 0. The smallest absolute Gasteiger partial charge is 0.146 e. The van der Waals surface area contributed by atoms with E-state index < -0.39 is 0 Å². The quantitative estimate of drug-likeness (QED) is 0.649. The average molecular weight is 200 g/mol. The van der Waals surface area contributed by atoms with Crippen LogP contribution in [0.15, 0.2) is 0 Å². The normalized spacial score (nSPS) is 33.6. The van der Waals surface area contributed by atoms with E-state index in [4.69, 9.17) is 9.47 Å². The molecule has 0 heterocycles. The lowest BCUT2D eigenvalue weighted by Crippen LogP contribution is -2.34. The van der Waals surface area contributed by atoms with E-state index in [2.05, 4.69) is 20.8 Å². The maximum Gasteiger partial charge on any atom is 0.146 e. The molecule has 1 aliphatic carbocycles. The van der Waals surface area contributed by atoms with E-state index in [0.717, 1.165) is 17.8 Å². The molecule has 1 aliphatic rings. The van der Waals surface area contributed by atoms with Gasteiger partial charge >= 0.3 is 0 Å². The molecule has 0 saturated heterocycles. The summed E-state index contributed by atoms with van der Waals surface area (Å²) in [5, 5.41) is 0. The first-order valence-electron chi connectivity index (χ1n) is 5.75. The van der Waals surface area contributed by atoms with Crippen molar-refractivity contribution < 1.29 is 9.47 Å². The molecule has 1 rings (SSSR count). The highest BCUT2D eigenvalue weighted by molar-refractivity contribution is 4.80. The van der Waals surface area contributed by atoms with Crippen LogP contribution in [-0.2, 0) is 9.47 Å². The first kappa shape index (κ1) is 12.0. The van der Waals surface area contributed by atoms with Gasteiger partial charge in [0.15, 0.2) is 0 Å². The molecule has 1 saturated carbocycles. The molecule has 0 N–H and O–H groups in total. The fourth-order valence-corrected chi connectivity index (χ4v) is 2.46. The molecule has 0 aromatic rings. The highest BCUT2D eigenvalue weighted by atomic mass is 16.7. The second kappa shape index (κ2) is 5.72. The largest absolute Gasteiger partial charge is 0.359 e.